The maximum absolute atomic E-state index is 11.5. The summed E-state index contributed by atoms with van der Waals surface area (Å²) in [5.74, 6) is -1.72. The molecule has 1 heterocycles. The predicted molar refractivity (Wildman–Crippen MR) is 49.8 cm³/mol. The number of amides is 1. The fraction of sp³-hybridized carbons (Fsp3) is 0.556. The highest BCUT2D eigenvalue weighted by Crippen LogP contribution is 2.08. The van der Waals surface area contributed by atoms with Crippen LogP contribution in [-0.4, -0.2) is 35.7 Å². The van der Waals surface area contributed by atoms with Crippen LogP contribution in [0.5, 0.6) is 0 Å². The molecule has 0 aromatic carbocycles. The zero-order valence-corrected chi connectivity index (χ0v) is 8.57. The highest BCUT2D eigenvalue weighted by atomic mass is 16.6. The molecule has 84 valence electrons. The lowest BCUT2D eigenvalue weighted by molar-refractivity contribution is -0.146. The van der Waals surface area contributed by atoms with Crippen LogP contribution in [-0.2, 0) is 19.1 Å². The molecule has 15 heavy (non-hydrogen) atoms. The maximum atomic E-state index is 11.5. The van der Waals surface area contributed by atoms with E-state index in [0.717, 1.165) is 0 Å². The van der Waals surface area contributed by atoms with Gasteiger partial charge in [0.25, 0.3) is 5.91 Å². The molecular formula is C9H13NO5. The smallest absolute Gasteiger partial charge is 0.328 e. The summed E-state index contributed by atoms with van der Waals surface area (Å²) in [5.41, 5.74) is -1.33. The number of carbonyl (C=O) groups excluding carboxylic acids is 1. The van der Waals surface area contributed by atoms with Gasteiger partial charge in [0.2, 0.25) is 5.76 Å². The minimum absolute atomic E-state index is 0.00410. The summed E-state index contributed by atoms with van der Waals surface area (Å²) in [6.45, 7) is 3.45. The molecule has 0 atom stereocenters. The lowest BCUT2D eigenvalue weighted by Gasteiger charge is -2.22. The first-order chi connectivity index (χ1) is 6.93. The minimum Gasteiger partial charge on any atom is -0.494 e. The molecule has 0 spiro atoms. The predicted octanol–water partition coefficient (Wildman–Crippen LogP) is -0.146. The Kier molecular flexibility index (Phi) is 3.18. The van der Waals surface area contributed by atoms with Gasteiger partial charge in [0.15, 0.2) is 0 Å². The van der Waals surface area contributed by atoms with Crippen molar-refractivity contribution in [1.29, 1.82) is 0 Å². The van der Waals surface area contributed by atoms with Crippen LogP contribution in [0.2, 0.25) is 0 Å². The molecule has 0 bridgehead atoms. The molecule has 1 amide bonds. The normalized spacial score (nSPS) is 15.7. The molecule has 0 aromatic heterocycles. The number of hydrogen-bond donors (Lipinski definition) is 2. The van der Waals surface area contributed by atoms with Gasteiger partial charge in [-0.25, -0.2) is 4.79 Å². The van der Waals surface area contributed by atoms with Crippen molar-refractivity contribution in [2.45, 2.75) is 19.4 Å². The van der Waals surface area contributed by atoms with Gasteiger partial charge in [-0.1, -0.05) is 0 Å². The molecule has 6 nitrogen and oxygen atoms in total. The quantitative estimate of drug-likeness (QED) is 0.684. The number of rotatable bonds is 3. The SMILES string of the molecule is CC(C)(NC(=O)C1=COCCO1)C(=O)O. The molecule has 0 aliphatic carbocycles. The van der Waals surface area contributed by atoms with Gasteiger partial charge in [-0.15, -0.1) is 0 Å². The molecule has 0 saturated heterocycles. The van der Waals surface area contributed by atoms with Gasteiger partial charge in [0.1, 0.15) is 25.0 Å². The van der Waals surface area contributed by atoms with Gasteiger partial charge in [-0.3, -0.25) is 4.79 Å². The van der Waals surface area contributed by atoms with E-state index in [1.807, 2.05) is 0 Å². The summed E-state index contributed by atoms with van der Waals surface area (Å²) in [4.78, 5) is 22.2. The molecule has 0 unspecified atom stereocenters. The molecule has 0 fully saturated rings. The minimum atomic E-state index is -1.33. The average molecular weight is 215 g/mol. The van der Waals surface area contributed by atoms with E-state index in [2.05, 4.69) is 5.32 Å². The summed E-state index contributed by atoms with van der Waals surface area (Å²) >= 11 is 0. The van der Waals surface area contributed by atoms with Gasteiger partial charge >= 0.3 is 5.97 Å². The van der Waals surface area contributed by atoms with Crippen molar-refractivity contribution in [2.75, 3.05) is 13.2 Å². The summed E-state index contributed by atoms with van der Waals surface area (Å²) in [6.07, 6.45) is 1.18. The number of carboxylic acids is 1. The Morgan fingerprint density at radius 3 is 2.60 bits per heavy atom. The van der Waals surface area contributed by atoms with Crippen LogP contribution >= 0.6 is 0 Å². The molecule has 0 radical (unpaired) electrons. The van der Waals surface area contributed by atoms with Crippen molar-refractivity contribution in [3.8, 4) is 0 Å². The number of carbonyl (C=O) groups is 2. The van der Waals surface area contributed by atoms with E-state index in [9.17, 15) is 9.59 Å². The third-order valence-electron chi connectivity index (χ3n) is 1.83. The molecule has 0 saturated carbocycles. The van der Waals surface area contributed by atoms with E-state index in [0.29, 0.717) is 6.61 Å². The van der Waals surface area contributed by atoms with Crippen LogP contribution in [0, 0.1) is 0 Å². The molecule has 0 aromatic rings. The largest absolute Gasteiger partial charge is 0.494 e. The Balaban J connectivity index is 2.62. The molecule has 1 aliphatic rings. The molecular weight excluding hydrogens is 202 g/mol. The zero-order chi connectivity index (χ0) is 11.5. The fourth-order valence-electron chi connectivity index (χ4n) is 0.886. The highest BCUT2D eigenvalue weighted by molar-refractivity contribution is 5.95. The molecule has 1 aliphatic heterocycles. The Hall–Kier alpha value is -1.72. The van der Waals surface area contributed by atoms with Crippen LogP contribution in [0.3, 0.4) is 0 Å². The van der Waals surface area contributed by atoms with Crippen molar-refractivity contribution in [3.05, 3.63) is 12.0 Å². The summed E-state index contributed by atoms with van der Waals surface area (Å²) in [6, 6.07) is 0. The van der Waals surface area contributed by atoms with Crippen LogP contribution in [0.15, 0.2) is 12.0 Å². The van der Waals surface area contributed by atoms with Gasteiger partial charge in [-0.05, 0) is 13.8 Å². The second kappa shape index (κ2) is 4.20. The average Bonchev–Trinajstić information content (AvgIpc) is 2.18. The highest BCUT2D eigenvalue weighted by Gasteiger charge is 2.31. The first kappa shape index (κ1) is 11.4. The van der Waals surface area contributed by atoms with Crippen molar-refractivity contribution >= 4 is 11.9 Å². The first-order valence-corrected chi connectivity index (χ1v) is 4.44. The summed E-state index contributed by atoms with van der Waals surface area (Å²) < 4.78 is 9.88. The zero-order valence-electron chi connectivity index (χ0n) is 8.57. The molecule has 1 rings (SSSR count). The number of ether oxygens (including phenoxy) is 2. The Morgan fingerprint density at radius 1 is 1.47 bits per heavy atom. The number of hydrogen-bond acceptors (Lipinski definition) is 4. The summed E-state index contributed by atoms with van der Waals surface area (Å²) in [5, 5.41) is 11.1. The fourth-order valence-corrected chi connectivity index (χ4v) is 0.886. The lowest BCUT2D eigenvalue weighted by Crippen LogP contribution is -2.50. The second-order valence-electron chi connectivity index (χ2n) is 3.59. The van der Waals surface area contributed by atoms with E-state index in [4.69, 9.17) is 14.6 Å². The Bertz CT molecular complexity index is 308. The van der Waals surface area contributed by atoms with Crippen molar-refractivity contribution in [2.24, 2.45) is 0 Å². The van der Waals surface area contributed by atoms with Gasteiger partial charge < -0.3 is 19.9 Å². The Labute approximate surface area is 86.9 Å². The standard InChI is InChI=1S/C9H13NO5/c1-9(2,8(12)13)10-7(11)6-5-14-3-4-15-6/h5H,3-4H2,1-2H3,(H,10,11)(H,12,13). The number of nitrogens with one attached hydrogen (secondary N) is 1. The van der Waals surface area contributed by atoms with E-state index in [1.165, 1.54) is 20.1 Å². The van der Waals surface area contributed by atoms with Crippen molar-refractivity contribution in [3.63, 3.8) is 0 Å². The van der Waals surface area contributed by atoms with Crippen molar-refractivity contribution < 1.29 is 24.2 Å². The third-order valence-corrected chi connectivity index (χ3v) is 1.83. The summed E-state index contributed by atoms with van der Waals surface area (Å²) in [7, 11) is 0. The van der Waals surface area contributed by atoms with Gasteiger partial charge in [-0.2, -0.15) is 0 Å². The maximum Gasteiger partial charge on any atom is 0.328 e. The third kappa shape index (κ3) is 2.87. The van der Waals surface area contributed by atoms with E-state index >= 15 is 0 Å². The van der Waals surface area contributed by atoms with E-state index < -0.39 is 17.4 Å². The van der Waals surface area contributed by atoms with Crippen LogP contribution in [0.4, 0.5) is 0 Å². The first-order valence-electron chi connectivity index (χ1n) is 4.44. The van der Waals surface area contributed by atoms with Crippen LogP contribution < -0.4 is 5.32 Å². The van der Waals surface area contributed by atoms with Gasteiger partial charge in [0, 0.05) is 0 Å². The van der Waals surface area contributed by atoms with Crippen LogP contribution in [0.1, 0.15) is 13.8 Å². The van der Waals surface area contributed by atoms with E-state index in [-0.39, 0.29) is 12.4 Å². The van der Waals surface area contributed by atoms with E-state index in [1.54, 1.807) is 0 Å². The van der Waals surface area contributed by atoms with Crippen LogP contribution in [0.25, 0.3) is 0 Å². The second-order valence-corrected chi connectivity index (χ2v) is 3.59. The number of aliphatic carboxylic acids is 1. The Morgan fingerprint density at radius 2 is 2.13 bits per heavy atom. The monoisotopic (exact) mass is 215 g/mol. The lowest BCUT2D eigenvalue weighted by atomic mass is 10.1. The molecule has 2 N–H and O–H groups in total. The number of carboxylic acid groups (broad SMARTS) is 1. The van der Waals surface area contributed by atoms with Gasteiger partial charge in [0.05, 0.1) is 0 Å². The molecule has 6 heteroatoms. The topological polar surface area (TPSA) is 84.9 Å². The van der Waals surface area contributed by atoms with Crippen molar-refractivity contribution in [1.82, 2.24) is 5.32 Å².